The third-order valence-electron chi connectivity index (χ3n) is 6.99. The molecule has 0 radical (unpaired) electrons. The van der Waals surface area contributed by atoms with E-state index in [-0.39, 0.29) is 34.8 Å². The summed E-state index contributed by atoms with van der Waals surface area (Å²) in [6, 6.07) is 12.3. The summed E-state index contributed by atoms with van der Waals surface area (Å²) in [7, 11) is 0. The normalized spacial score (nSPS) is 18.9. The molecule has 3 aromatic heterocycles. The minimum atomic E-state index is -2.70. The van der Waals surface area contributed by atoms with Gasteiger partial charge in [0.05, 0.1) is 6.04 Å². The number of piperazine rings is 1. The SMILES string of the molecule is C[C@@H]1CN(c2nc3nncn3c3sc(C(F)F)nc23)[C@@H](C)CN1C(c1ccc(F)cc1)c1ccc(F)cc1. The highest BCUT2D eigenvalue weighted by Crippen LogP contribution is 2.38. The average molecular weight is 542 g/mol. The molecular formula is C26H23F4N7S. The van der Waals surface area contributed by atoms with Crippen LogP contribution in [0.25, 0.3) is 16.1 Å². The summed E-state index contributed by atoms with van der Waals surface area (Å²) in [6.45, 7) is 5.20. The van der Waals surface area contributed by atoms with Gasteiger partial charge in [0.1, 0.15) is 28.3 Å². The minimum Gasteiger partial charge on any atom is -0.349 e. The third kappa shape index (κ3) is 4.27. The highest BCUT2D eigenvalue weighted by Gasteiger charge is 2.37. The van der Waals surface area contributed by atoms with Crippen LogP contribution < -0.4 is 4.90 Å². The second-order valence-corrected chi connectivity index (χ2v) is 10.5. The summed E-state index contributed by atoms with van der Waals surface area (Å²) in [5.74, 6) is 0.143. The Hall–Kier alpha value is -3.64. The molecule has 1 saturated heterocycles. The van der Waals surface area contributed by atoms with Gasteiger partial charge in [0.2, 0.25) is 0 Å². The molecule has 6 rings (SSSR count). The van der Waals surface area contributed by atoms with Crippen LogP contribution in [0.5, 0.6) is 0 Å². The van der Waals surface area contributed by atoms with E-state index in [0.29, 0.717) is 35.0 Å². The smallest absolute Gasteiger partial charge is 0.289 e. The Kier molecular flexibility index (Phi) is 6.23. The largest absolute Gasteiger partial charge is 0.349 e. The molecule has 0 unspecified atom stereocenters. The lowest BCUT2D eigenvalue weighted by Crippen LogP contribution is -2.57. The maximum atomic E-state index is 13.8. The van der Waals surface area contributed by atoms with Crippen molar-refractivity contribution in [3.63, 3.8) is 0 Å². The van der Waals surface area contributed by atoms with Gasteiger partial charge in [-0.15, -0.1) is 10.2 Å². The molecule has 196 valence electrons. The number of hydrogen-bond donors (Lipinski definition) is 0. The van der Waals surface area contributed by atoms with Gasteiger partial charge < -0.3 is 4.90 Å². The van der Waals surface area contributed by atoms with Crippen LogP contribution in [0.15, 0.2) is 54.9 Å². The summed E-state index contributed by atoms with van der Waals surface area (Å²) in [5, 5.41) is 7.68. The van der Waals surface area contributed by atoms with Gasteiger partial charge in [-0.05, 0) is 49.2 Å². The van der Waals surface area contributed by atoms with Crippen molar-refractivity contribution in [3.05, 3.63) is 82.6 Å². The van der Waals surface area contributed by atoms with E-state index in [1.165, 1.54) is 30.6 Å². The molecule has 0 N–H and O–H groups in total. The van der Waals surface area contributed by atoms with Crippen LogP contribution in [-0.2, 0) is 0 Å². The van der Waals surface area contributed by atoms with Gasteiger partial charge in [-0.1, -0.05) is 35.6 Å². The van der Waals surface area contributed by atoms with Crippen LogP contribution in [0.2, 0.25) is 0 Å². The number of anilines is 1. The topological polar surface area (TPSA) is 62.5 Å². The number of fused-ring (bicyclic) bond motifs is 3. The predicted molar refractivity (Wildman–Crippen MR) is 137 cm³/mol. The molecule has 1 aliphatic rings. The van der Waals surface area contributed by atoms with E-state index >= 15 is 0 Å². The van der Waals surface area contributed by atoms with E-state index < -0.39 is 6.43 Å². The molecule has 2 aromatic carbocycles. The molecule has 0 bridgehead atoms. The molecular weight excluding hydrogens is 518 g/mol. The molecule has 5 aromatic rings. The van der Waals surface area contributed by atoms with E-state index in [9.17, 15) is 17.6 Å². The Bertz CT molecular complexity index is 1540. The van der Waals surface area contributed by atoms with Gasteiger partial charge in [0.15, 0.2) is 10.8 Å². The zero-order valence-corrected chi connectivity index (χ0v) is 21.3. The van der Waals surface area contributed by atoms with E-state index in [1.54, 1.807) is 28.7 Å². The molecule has 38 heavy (non-hydrogen) atoms. The molecule has 0 aliphatic carbocycles. The maximum absolute atomic E-state index is 13.8. The number of nitrogens with zero attached hydrogens (tertiary/aromatic N) is 7. The van der Waals surface area contributed by atoms with Gasteiger partial charge in [0.25, 0.3) is 12.2 Å². The van der Waals surface area contributed by atoms with Gasteiger partial charge in [0, 0.05) is 25.2 Å². The summed E-state index contributed by atoms with van der Waals surface area (Å²) in [6.07, 6.45) is -1.26. The van der Waals surface area contributed by atoms with Crippen LogP contribution in [0.3, 0.4) is 0 Å². The monoisotopic (exact) mass is 541 g/mol. The van der Waals surface area contributed by atoms with E-state index in [2.05, 4.69) is 36.9 Å². The second kappa shape index (κ2) is 9.59. The summed E-state index contributed by atoms with van der Waals surface area (Å²) in [5.41, 5.74) is 2.16. The molecule has 0 saturated carbocycles. The van der Waals surface area contributed by atoms with Crippen molar-refractivity contribution in [3.8, 4) is 0 Å². The molecule has 1 fully saturated rings. The number of thiazole rings is 1. The number of benzene rings is 2. The first-order valence-electron chi connectivity index (χ1n) is 12.1. The minimum absolute atomic E-state index is 0.0366. The average Bonchev–Trinajstić information content (AvgIpc) is 3.55. The Balaban J connectivity index is 1.39. The number of alkyl halides is 2. The fraction of sp³-hybridized carbons (Fsp3) is 0.308. The Morgan fingerprint density at radius 3 is 2.11 bits per heavy atom. The lowest BCUT2D eigenvalue weighted by atomic mass is 9.93. The molecule has 1 aliphatic heterocycles. The van der Waals surface area contributed by atoms with Crippen molar-refractivity contribution in [1.82, 2.24) is 29.5 Å². The highest BCUT2D eigenvalue weighted by molar-refractivity contribution is 7.18. The van der Waals surface area contributed by atoms with Crippen molar-refractivity contribution >= 4 is 33.3 Å². The summed E-state index contributed by atoms with van der Waals surface area (Å²) in [4.78, 5) is 13.8. The van der Waals surface area contributed by atoms with Crippen LogP contribution in [0, 0.1) is 11.6 Å². The molecule has 0 spiro atoms. The number of hydrogen-bond acceptors (Lipinski definition) is 7. The van der Waals surface area contributed by atoms with E-state index in [0.717, 1.165) is 22.5 Å². The first-order chi connectivity index (χ1) is 18.3. The van der Waals surface area contributed by atoms with Crippen LogP contribution in [-0.4, -0.2) is 54.6 Å². The highest BCUT2D eigenvalue weighted by atomic mass is 32.1. The molecule has 4 heterocycles. The van der Waals surface area contributed by atoms with Crippen LogP contribution in [0.4, 0.5) is 23.4 Å². The molecule has 0 amide bonds. The standard InChI is InChI=1S/C26H23F4N7S/c1-14-12-36(23-20-25(38-24(32-20)22(29)30)37-13-31-34-26(37)33-23)15(2)11-35(14)21(16-3-7-18(27)8-4-16)17-5-9-19(28)10-6-17/h3-10,13-15,21-22H,11-12H2,1-2H3/t14-,15+/m1/s1. The van der Waals surface area contributed by atoms with Gasteiger partial charge in [-0.2, -0.15) is 4.98 Å². The maximum Gasteiger partial charge on any atom is 0.289 e. The molecule has 12 heteroatoms. The van der Waals surface area contributed by atoms with Crippen molar-refractivity contribution in [1.29, 1.82) is 0 Å². The lowest BCUT2D eigenvalue weighted by Gasteiger charge is -2.48. The van der Waals surface area contributed by atoms with E-state index in [1.807, 2.05) is 6.92 Å². The van der Waals surface area contributed by atoms with Crippen molar-refractivity contribution < 1.29 is 17.6 Å². The van der Waals surface area contributed by atoms with Crippen LogP contribution >= 0.6 is 11.3 Å². The Labute approximate surface area is 219 Å². The number of halogens is 4. The predicted octanol–water partition coefficient (Wildman–Crippen LogP) is 5.64. The van der Waals surface area contributed by atoms with Crippen LogP contribution in [0.1, 0.15) is 42.4 Å². The van der Waals surface area contributed by atoms with Gasteiger partial charge in [-0.3, -0.25) is 9.30 Å². The summed E-state index contributed by atoms with van der Waals surface area (Å²) >= 11 is 0.905. The Morgan fingerprint density at radius 1 is 0.868 bits per heavy atom. The molecule has 2 atom stereocenters. The zero-order chi connectivity index (χ0) is 26.6. The first-order valence-corrected chi connectivity index (χ1v) is 12.9. The fourth-order valence-corrected chi connectivity index (χ4v) is 6.09. The number of aromatic nitrogens is 5. The summed E-state index contributed by atoms with van der Waals surface area (Å²) < 4.78 is 56.2. The van der Waals surface area contributed by atoms with Gasteiger partial charge >= 0.3 is 0 Å². The zero-order valence-electron chi connectivity index (χ0n) is 20.5. The first kappa shape index (κ1) is 24.7. The molecule has 7 nitrogen and oxygen atoms in total. The van der Waals surface area contributed by atoms with Gasteiger partial charge in [-0.25, -0.2) is 22.5 Å². The Morgan fingerprint density at radius 2 is 1.50 bits per heavy atom. The lowest BCUT2D eigenvalue weighted by molar-refractivity contribution is 0.129. The third-order valence-corrected chi connectivity index (χ3v) is 8.05. The van der Waals surface area contributed by atoms with E-state index in [4.69, 9.17) is 0 Å². The quantitative estimate of drug-likeness (QED) is 0.269. The van der Waals surface area contributed by atoms with Crippen molar-refractivity contribution in [2.45, 2.75) is 38.4 Å². The van der Waals surface area contributed by atoms with Crippen molar-refractivity contribution in [2.24, 2.45) is 0 Å². The number of rotatable bonds is 5. The second-order valence-electron chi connectivity index (χ2n) is 9.50. The fourth-order valence-electron chi connectivity index (χ4n) is 5.20. The van der Waals surface area contributed by atoms with Crippen molar-refractivity contribution in [2.75, 3.05) is 18.0 Å².